The van der Waals surface area contributed by atoms with Gasteiger partial charge in [-0.3, -0.25) is 0 Å². The van der Waals surface area contributed by atoms with Crippen LogP contribution in [0.5, 0.6) is 0 Å². The van der Waals surface area contributed by atoms with Gasteiger partial charge in [-0.1, -0.05) is 48.5 Å². The summed E-state index contributed by atoms with van der Waals surface area (Å²) in [5.74, 6) is 1.80. The van der Waals surface area contributed by atoms with Crippen LogP contribution in [0.4, 0.5) is 0 Å². The zero-order valence-corrected chi connectivity index (χ0v) is 13.8. The van der Waals surface area contributed by atoms with Crippen LogP contribution in [0.2, 0.25) is 0 Å². The molecule has 1 nitrogen and oxygen atoms in total. The highest BCUT2D eigenvalue weighted by atomic mass is 32.1. The molecule has 0 bridgehead atoms. The SMILES string of the molecule is CC(C)C(C(C)C)C(N)c1ccc(C(C)(C)C)s1. The van der Waals surface area contributed by atoms with Crippen molar-refractivity contribution in [1.29, 1.82) is 0 Å². The minimum absolute atomic E-state index is 0.172. The fourth-order valence-electron chi connectivity index (χ4n) is 2.72. The largest absolute Gasteiger partial charge is 0.323 e. The molecular formula is C16H29NS. The van der Waals surface area contributed by atoms with Crippen LogP contribution in [0.1, 0.15) is 64.3 Å². The summed E-state index contributed by atoms with van der Waals surface area (Å²) >= 11 is 1.89. The molecule has 0 saturated carbocycles. The molecule has 2 heteroatoms. The third-order valence-electron chi connectivity index (χ3n) is 3.65. The molecule has 1 aromatic heterocycles. The van der Waals surface area contributed by atoms with Crippen LogP contribution in [0, 0.1) is 17.8 Å². The van der Waals surface area contributed by atoms with E-state index >= 15 is 0 Å². The number of hydrogen-bond donors (Lipinski definition) is 1. The Balaban J connectivity index is 2.96. The summed E-state index contributed by atoms with van der Waals surface area (Å²) in [6.45, 7) is 15.9. The van der Waals surface area contributed by atoms with Gasteiger partial charge < -0.3 is 5.73 Å². The maximum atomic E-state index is 6.51. The predicted octanol–water partition coefficient (Wildman–Crippen LogP) is 4.97. The molecule has 0 saturated heterocycles. The number of rotatable bonds is 4. The van der Waals surface area contributed by atoms with Gasteiger partial charge in [-0.15, -0.1) is 11.3 Å². The van der Waals surface area contributed by atoms with E-state index in [9.17, 15) is 0 Å². The molecule has 104 valence electrons. The van der Waals surface area contributed by atoms with Gasteiger partial charge in [0.25, 0.3) is 0 Å². The minimum Gasteiger partial charge on any atom is -0.323 e. The van der Waals surface area contributed by atoms with Crippen molar-refractivity contribution < 1.29 is 0 Å². The van der Waals surface area contributed by atoms with Gasteiger partial charge in [-0.2, -0.15) is 0 Å². The second-order valence-electron chi connectivity index (χ2n) is 7.04. The Labute approximate surface area is 117 Å². The Hall–Kier alpha value is -0.340. The molecule has 18 heavy (non-hydrogen) atoms. The zero-order valence-electron chi connectivity index (χ0n) is 12.9. The third kappa shape index (κ3) is 3.58. The van der Waals surface area contributed by atoms with E-state index in [1.54, 1.807) is 0 Å². The van der Waals surface area contributed by atoms with Crippen molar-refractivity contribution in [3.05, 3.63) is 21.9 Å². The van der Waals surface area contributed by atoms with Crippen LogP contribution < -0.4 is 5.73 Å². The smallest absolute Gasteiger partial charge is 0.0423 e. The fourth-order valence-corrected chi connectivity index (χ4v) is 3.85. The van der Waals surface area contributed by atoms with E-state index in [1.165, 1.54) is 9.75 Å². The molecule has 0 aliphatic carbocycles. The summed E-state index contributed by atoms with van der Waals surface area (Å²) in [5.41, 5.74) is 6.74. The molecule has 2 N–H and O–H groups in total. The molecule has 0 radical (unpaired) electrons. The molecule has 0 fully saturated rings. The average Bonchev–Trinajstić information content (AvgIpc) is 2.63. The Morgan fingerprint density at radius 2 is 1.50 bits per heavy atom. The van der Waals surface area contributed by atoms with Gasteiger partial charge in [-0.25, -0.2) is 0 Å². The van der Waals surface area contributed by atoms with Crippen LogP contribution in [-0.2, 0) is 5.41 Å². The zero-order chi connectivity index (χ0) is 14.1. The summed E-state index contributed by atoms with van der Waals surface area (Å²) < 4.78 is 0. The summed E-state index contributed by atoms with van der Waals surface area (Å²) in [7, 11) is 0. The van der Waals surface area contributed by atoms with Gasteiger partial charge in [0.1, 0.15) is 0 Å². The van der Waals surface area contributed by atoms with Crippen LogP contribution >= 0.6 is 11.3 Å². The number of thiophene rings is 1. The highest BCUT2D eigenvalue weighted by Crippen LogP contribution is 2.38. The Bertz CT molecular complexity index is 363. The second kappa shape index (κ2) is 5.75. The first-order valence-electron chi connectivity index (χ1n) is 7.00. The Morgan fingerprint density at radius 1 is 1.00 bits per heavy atom. The molecule has 1 aromatic rings. The average molecular weight is 267 g/mol. The van der Waals surface area contributed by atoms with E-state index in [-0.39, 0.29) is 11.5 Å². The molecule has 0 amide bonds. The van der Waals surface area contributed by atoms with E-state index in [4.69, 9.17) is 5.73 Å². The van der Waals surface area contributed by atoms with Crippen molar-refractivity contribution in [2.45, 2.75) is 59.9 Å². The lowest BCUT2D eigenvalue weighted by atomic mass is 9.79. The van der Waals surface area contributed by atoms with Gasteiger partial charge in [-0.05, 0) is 35.3 Å². The summed E-state index contributed by atoms with van der Waals surface area (Å²) in [5, 5.41) is 0. The molecule has 1 unspecified atom stereocenters. The van der Waals surface area contributed by atoms with E-state index < -0.39 is 0 Å². The maximum absolute atomic E-state index is 6.51. The monoisotopic (exact) mass is 267 g/mol. The van der Waals surface area contributed by atoms with Crippen molar-refractivity contribution in [2.75, 3.05) is 0 Å². The van der Waals surface area contributed by atoms with Gasteiger partial charge in [0.15, 0.2) is 0 Å². The van der Waals surface area contributed by atoms with E-state index in [1.807, 2.05) is 11.3 Å². The van der Waals surface area contributed by atoms with E-state index in [2.05, 4.69) is 60.6 Å². The Kier molecular flexibility index (Phi) is 5.02. The standard InChI is InChI=1S/C16H29NS/c1-10(2)14(11(3)4)15(17)12-8-9-13(18-12)16(5,6)7/h8-11,14-15H,17H2,1-7H3. The van der Waals surface area contributed by atoms with Crippen LogP contribution in [-0.4, -0.2) is 0 Å². The van der Waals surface area contributed by atoms with Crippen molar-refractivity contribution in [2.24, 2.45) is 23.5 Å². The topological polar surface area (TPSA) is 26.0 Å². The molecule has 1 rings (SSSR count). The van der Waals surface area contributed by atoms with Crippen LogP contribution in [0.3, 0.4) is 0 Å². The summed E-state index contributed by atoms with van der Waals surface area (Å²) in [6.07, 6.45) is 0. The normalized spacial score (nSPS) is 14.8. The number of hydrogen-bond acceptors (Lipinski definition) is 2. The molecule has 0 aromatic carbocycles. The lowest BCUT2D eigenvalue weighted by Gasteiger charge is -2.30. The first-order chi connectivity index (χ1) is 8.14. The van der Waals surface area contributed by atoms with Crippen molar-refractivity contribution >= 4 is 11.3 Å². The lowest BCUT2D eigenvalue weighted by molar-refractivity contribution is 0.242. The maximum Gasteiger partial charge on any atom is 0.0423 e. The molecule has 1 heterocycles. The van der Waals surface area contributed by atoms with Crippen LogP contribution in [0.15, 0.2) is 12.1 Å². The molecule has 0 aliphatic heterocycles. The van der Waals surface area contributed by atoms with E-state index in [0.717, 1.165) is 0 Å². The first kappa shape index (κ1) is 15.7. The minimum atomic E-state index is 0.172. The fraction of sp³-hybridized carbons (Fsp3) is 0.750. The molecule has 0 aliphatic rings. The lowest BCUT2D eigenvalue weighted by Crippen LogP contribution is -2.29. The van der Waals surface area contributed by atoms with Crippen molar-refractivity contribution in [1.82, 2.24) is 0 Å². The molecular weight excluding hydrogens is 238 g/mol. The second-order valence-corrected chi connectivity index (χ2v) is 8.16. The Morgan fingerprint density at radius 3 is 1.83 bits per heavy atom. The highest BCUT2D eigenvalue weighted by Gasteiger charge is 2.27. The predicted molar refractivity (Wildman–Crippen MR) is 83.1 cm³/mol. The van der Waals surface area contributed by atoms with Crippen molar-refractivity contribution in [3.8, 4) is 0 Å². The summed E-state index contributed by atoms with van der Waals surface area (Å²) in [4.78, 5) is 2.77. The van der Waals surface area contributed by atoms with Gasteiger partial charge in [0, 0.05) is 15.8 Å². The van der Waals surface area contributed by atoms with Gasteiger partial charge in [0.2, 0.25) is 0 Å². The third-order valence-corrected chi connectivity index (χ3v) is 5.26. The van der Waals surface area contributed by atoms with E-state index in [0.29, 0.717) is 17.8 Å². The molecule has 1 atom stereocenters. The molecule has 0 spiro atoms. The first-order valence-corrected chi connectivity index (χ1v) is 7.82. The summed E-state index contributed by atoms with van der Waals surface area (Å²) in [6, 6.07) is 4.65. The van der Waals surface area contributed by atoms with Gasteiger partial charge in [0.05, 0.1) is 0 Å². The highest BCUT2D eigenvalue weighted by molar-refractivity contribution is 7.12. The van der Waals surface area contributed by atoms with Crippen molar-refractivity contribution in [3.63, 3.8) is 0 Å². The van der Waals surface area contributed by atoms with Crippen LogP contribution in [0.25, 0.3) is 0 Å². The van der Waals surface area contributed by atoms with Gasteiger partial charge >= 0.3 is 0 Å². The quantitative estimate of drug-likeness (QED) is 0.818. The number of nitrogens with two attached hydrogens (primary N) is 1.